The highest BCUT2D eigenvalue weighted by molar-refractivity contribution is 14.1. The van der Waals surface area contributed by atoms with Crippen LogP contribution in [-0.2, 0) is 12.8 Å². The van der Waals surface area contributed by atoms with Gasteiger partial charge in [-0.1, -0.05) is 383 Å². The quantitative estimate of drug-likeness (QED) is 0.0667. The Hall–Kier alpha value is -4.80. The molecule has 540 valence electrons. The van der Waals surface area contributed by atoms with Crippen LogP contribution in [0.3, 0.4) is 0 Å². The summed E-state index contributed by atoms with van der Waals surface area (Å²) in [5.41, 5.74) is 8.72. The van der Waals surface area contributed by atoms with Crippen LogP contribution in [0.25, 0.3) is 36.5 Å². The first-order valence-corrected chi connectivity index (χ1v) is 39.3. The van der Waals surface area contributed by atoms with E-state index >= 15 is 0 Å². The van der Waals surface area contributed by atoms with Crippen LogP contribution in [0.15, 0.2) is 232 Å². The predicted molar refractivity (Wildman–Crippen MR) is 463 cm³/mol. The van der Waals surface area contributed by atoms with Crippen LogP contribution in [0.5, 0.6) is 0 Å². The Balaban J connectivity index is 0.000000572. The summed E-state index contributed by atoms with van der Waals surface area (Å²) in [5, 5.41) is 3.88. The number of hydrogen-bond acceptors (Lipinski definition) is 0. The third-order valence-corrected chi connectivity index (χ3v) is 17.2. The van der Waals surface area contributed by atoms with Gasteiger partial charge < -0.3 is 0 Å². The number of aryl methyl sites for hydroxylation is 2. The SMILES string of the molecule is CC(C)/C(Cl)=C/c1ccccc1.CC(C)/C=C/c1ccc(Br)cc1.CC(C)/C=C/c1ccc(Br)cc1F.CC(C)/C=C/c1ccc(Cl)cc1F.CC(C)/C=C/c1ccc(I)cc1.CC(C)/C=C/c1cccc(Cl)c1.CC(C)CCCc1cccc(Cl)c1.CC(C)CCCc1ccccc1Cl. The molecule has 0 aliphatic rings. The maximum atomic E-state index is 13.2. The Bertz CT molecular complexity index is 3510. The van der Waals surface area contributed by atoms with Gasteiger partial charge in [0.2, 0.25) is 0 Å². The zero-order chi connectivity index (χ0) is 75.0. The van der Waals surface area contributed by atoms with Gasteiger partial charge in [0.25, 0.3) is 0 Å². The highest BCUT2D eigenvalue weighted by Crippen LogP contribution is 2.23. The maximum absolute atomic E-state index is 13.2. The van der Waals surface area contributed by atoms with Crippen LogP contribution in [0.4, 0.5) is 8.78 Å². The molecule has 0 spiro atoms. The van der Waals surface area contributed by atoms with Crippen molar-refractivity contribution in [3.8, 4) is 0 Å². The second-order valence-electron chi connectivity index (χ2n) is 26.9. The fourth-order valence-electron chi connectivity index (χ4n) is 8.22. The number of rotatable bonds is 20. The number of hydrogen-bond donors (Lipinski definition) is 0. The zero-order valence-electron chi connectivity index (χ0n) is 61.9. The molecule has 0 heterocycles. The van der Waals surface area contributed by atoms with E-state index in [1.54, 1.807) is 24.3 Å². The van der Waals surface area contributed by atoms with Gasteiger partial charge in [-0.05, 0) is 214 Å². The van der Waals surface area contributed by atoms with Gasteiger partial charge in [0.1, 0.15) is 11.6 Å². The molecule has 0 unspecified atom stereocenters. The molecular weight excluding hydrogens is 1580 g/mol. The lowest BCUT2D eigenvalue weighted by molar-refractivity contribution is 0.556. The molecule has 8 aromatic carbocycles. The van der Waals surface area contributed by atoms with E-state index < -0.39 is 0 Å². The van der Waals surface area contributed by atoms with Gasteiger partial charge in [-0.3, -0.25) is 0 Å². The van der Waals surface area contributed by atoms with E-state index in [0.29, 0.717) is 51.7 Å². The number of benzene rings is 8. The van der Waals surface area contributed by atoms with Crippen molar-refractivity contribution >= 4 is 149 Å². The summed E-state index contributed by atoms with van der Waals surface area (Å²) in [6.45, 7) is 34.5. The van der Waals surface area contributed by atoms with Crippen molar-refractivity contribution in [1.29, 1.82) is 0 Å². The fraction of sp³-hybridized carbons (Fsp3) is 0.333. The van der Waals surface area contributed by atoms with Gasteiger partial charge in [0, 0.05) is 48.8 Å². The molecule has 0 nitrogen and oxygen atoms in total. The van der Waals surface area contributed by atoms with Crippen molar-refractivity contribution in [3.63, 3.8) is 0 Å². The minimum Gasteiger partial charge on any atom is -0.206 e. The third kappa shape index (κ3) is 50.5. The van der Waals surface area contributed by atoms with Gasteiger partial charge in [0.15, 0.2) is 0 Å². The van der Waals surface area contributed by atoms with Gasteiger partial charge in [-0.15, -0.1) is 0 Å². The van der Waals surface area contributed by atoms with E-state index in [2.05, 4.69) is 261 Å². The average molecular weight is 1690 g/mol. The second kappa shape index (κ2) is 55.7. The Morgan fingerprint density at radius 2 is 0.800 bits per heavy atom. The largest absolute Gasteiger partial charge is 0.206 e. The van der Waals surface area contributed by atoms with Crippen molar-refractivity contribution in [2.75, 3.05) is 0 Å². The minimum absolute atomic E-state index is 0.189. The van der Waals surface area contributed by atoms with Gasteiger partial charge in [-0.2, -0.15) is 0 Å². The molecule has 0 aliphatic carbocycles. The lowest BCUT2D eigenvalue weighted by atomic mass is 10.0. The Labute approximate surface area is 660 Å². The number of allylic oxidation sites excluding steroid dienone is 6. The smallest absolute Gasteiger partial charge is 0.131 e. The monoisotopic (exact) mass is 1690 g/mol. The van der Waals surface area contributed by atoms with Crippen LogP contribution in [0, 0.1) is 62.5 Å². The average Bonchev–Trinajstić information content (AvgIpc) is 0.912. The molecule has 0 radical (unpaired) electrons. The highest BCUT2D eigenvalue weighted by Gasteiger charge is 2.04. The minimum atomic E-state index is -0.274. The number of halogens is 10. The second-order valence-corrected chi connectivity index (χ2v) is 32.1. The molecule has 0 aromatic heterocycles. The van der Waals surface area contributed by atoms with Crippen molar-refractivity contribution in [1.82, 2.24) is 0 Å². The first-order valence-electron chi connectivity index (χ1n) is 34.8. The van der Waals surface area contributed by atoms with E-state index in [1.165, 1.54) is 63.6 Å². The van der Waals surface area contributed by atoms with Crippen molar-refractivity contribution in [3.05, 3.63) is 312 Å². The van der Waals surface area contributed by atoms with Crippen molar-refractivity contribution < 1.29 is 8.78 Å². The molecule has 8 aromatic rings. The van der Waals surface area contributed by atoms with Crippen LogP contribution in [0.1, 0.15) is 181 Å². The predicted octanol–water partition coefficient (Wildman–Crippen LogP) is 33.1. The van der Waals surface area contributed by atoms with Crippen molar-refractivity contribution in [2.45, 2.75) is 149 Å². The third-order valence-electron chi connectivity index (χ3n) is 13.8. The summed E-state index contributed by atoms with van der Waals surface area (Å²) in [6, 6.07) is 60.8. The van der Waals surface area contributed by atoms with E-state index in [0.717, 1.165) is 64.8 Å². The molecule has 0 amide bonds. The van der Waals surface area contributed by atoms with E-state index in [-0.39, 0.29) is 11.6 Å². The highest BCUT2D eigenvalue weighted by atomic mass is 127. The van der Waals surface area contributed by atoms with Crippen LogP contribution in [-0.4, -0.2) is 0 Å². The standard InChI is InChI=1S/2C12H17Cl.C11H12BrF.C11H13Br.C11H12ClF.2C11H13Cl.C11H13I/c1-10(2)5-3-6-11-7-4-8-12(13)9-11;1-10(2)6-5-8-11-7-3-4-9-12(11)13;1-8(2)3-4-9-5-6-10(12)7-11(9)13;1-9(2)3-4-10-5-7-11(12)8-6-10;1-8(2)3-4-9-5-6-10(12)7-11(9)13;1-9(2)6-7-10-4-3-5-11(12)8-10;1-9(2)11(12)8-10-6-4-3-5-7-10;1-9(2)3-4-10-5-7-11(12)8-6-10/h4,7-10H,3,5-6H2,1-2H3;3-4,7,9-10H,5-6,8H2,1-2H3;3-8H,1-2H3;3-9H,1-2H3;3-8H,1-2H3;3*3-9H,1-2H3/b;;3*4-3+;7-6+;11-8-;4-3+. The summed E-state index contributed by atoms with van der Waals surface area (Å²) in [7, 11) is 0. The molecule has 10 heteroatoms. The molecule has 0 saturated carbocycles. The van der Waals surface area contributed by atoms with Crippen molar-refractivity contribution in [2.24, 2.45) is 47.3 Å². The first kappa shape index (κ1) is 93.2. The molecule has 0 aliphatic heterocycles. The van der Waals surface area contributed by atoms with Gasteiger partial charge >= 0.3 is 0 Å². The van der Waals surface area contributed by atoms with Crippen LogP contribution >= 0.6 is 112 Å². The molecule has 100 heavy (non-hydrogen) atoms. The normalized spacial score (nSPS) is 11.3. The molecule has 0 bridgehead atoms. The molecule has 8 rings (SSSR count). The maximum Gasteiger partial charge on any atom is 0.131 e. The summed E-state index contributed by atoms with van der Waals surface area (Å²) < 4.78 is 29.6. The van der Waals surface area contributed by atoms with Gasteiger partial charge in [-0.25, -0.2) is 8.78 Å². The summed E-state index contributed by atoms with van der Waals surface area (Å²) in [6.07, 6.45) is 29.8. The van der Waals surface area contributed by atoms with E-state index in [1.807, 2.05) is 123 Å². The Morgan fingerprint density at radius 1 is 0.390 bits per heavy atom. The van der Waals surface area contributed by atoms with E-state index in [4.69, 9.17) is 58.0 Å². The first-order chi connectivity index (χ1) is 47.3. The molecular formula is C90H110Br2Cl5F2I. The lowest BCUT2D eigenvalue weighted by Gasteiger charge is -2.05. The van der Waals surface area contributed by atoms with Crippen LogP contribution < -0.4 is 0 Å². The van der Waals surface area contributed by atoms with E-state index in [9.17, 15) is 8.78 Å². The topological polar surface area (TPSA) is 0 Å². The molecule has 0 N–H and O–H groups in total. The molecule has 0 saturated heterocycles. The summed E-state index contributed by atoms with van der Waals surface area (Å²) in [4.78, 5) is 0. The van der Waals surface area contributed by atoms with Crippen LogP contribution in [0.2, 0.25) is 20.1 Å². The van der Waals surface area contributed by atoms with Gasteiger partial charge in [0.05, 0.1) is 0 Å². The Kier molecular flexibility index (Phi) is 51.9. The molecule has 0 fully saturated rings. The fourth-order valence-corrected chi connectivity index (χ4v) is 10.1. The summed E-state index contributed by atoms with van der Waals surface area (Å²) >= 11 is 38.3. The Morgan fingerprint density at radius 3 is 1.26 bits per heavy atom. The lowest BCUT2D eigenvalue weighted by Crippen LogP contribution is -1.91. The molecule has 0 atom stereocenters. The zero-order valence-corrected chi connectivity index (χ0v) is 71.0. The summed E-state index contributed by atoms with van der Waals surface area (Å²) in [5.74, 6) is 4.25.